The number of carbonyl (C=O) groups is 2. The molecule has 1 aliphatic rings. The Morgan fingerprint density at radius 2 is 1.97 bits per heavy atom. The Morgan fingerprint density at radius 1 is 1.22 bits per heavy atom. The van der Waals surface area contributed by atoms with Crippen LogP contribution < -0.4 is 10.1 Å². The van der Waals surface area contributed by atoms with Crippen molar-refractivity contribution in [3.63, 3.8) is 0 Å². The molecule has 7 heteroatoms. The Hall–Kier alpha value is -3.12. The van der Waals surface area contributed by atoms with Crippen LogP contribution in [0, 0.1) is 18.3 Å². The molecule has 1 amide bonds. The van der Waals surface area contributed by atoms with Crippen molar-refractivity contribution >= 4 is 40.1 Å². The molecule has 0 aliphatic heterocycles. The SMILES string of the molecule is CCC(C)(C)C1CCc2nc3ccccc3c(C(=O)OCC(=O)Nc3cc(C)c(Cl)cc3OC)c2C1. The van der Waals surface area contributed by atoms with E-state index in [0.29, 0.717) is 27.9 Å². The number of aromatic nitrogens is 1. The molecule has 1 heterocycles. The van der Waals surface area contributed by atoms with E-state index in [2.05, 4.69) is 26.1 Å². The number of para-hydroxylation sites is 1. The van der Waals surface area contributed by atoms with E-state index in [-0.39, 0.29) is 5.41 Å². The molecule has 3 aromatic rings. The van der Waals surface area contributed by atoms with E-state index in [9.17, 15) is 9.59 Å². The summed E-state index contributed by atoms with van der Waals surface area (Å²) < 4.78 is 10.9. The predicted octanol–water partition coefficient (Wildman–Crippen LogP) is 6.54. The number of nitrogens with one attached hydrogen (secondary N) is 1. The van der Waals surface area contributed by atoms with Gasteiger partial charge in [0.2, 0.25) is 0 Å². The van der Waals surface area contributed by atoms with Gasteiger partial charge in [0.25, 0.3) is 5.91 Å². The summed E-state index contributed by atoms with van der Waals surface area (Å²) in [6, 6.07) is 11.0. The van der Waals surface area contributed by atoms with Crippen LogP contribution in [0.25, 0.3) is 10.9 Å². The highest BCUT2D eigenvalue weighted by Crippen LogP contribution is 2.41. The largest absolute Gasteiger partial charge is 0.495 e. The number of nitrogens with zero attached hydrogens (tertiary/aromatic N) is 1. The zero-order valence-electron chi connectivity index (χ0n) is 21.5. The van der Waals surface area contributed by atoms with Gasteiger partial charge in [0.1, 0.15) is 5.75 Å². The number of esters is 1. The van der Waals surface area contributed by atoms with E-state index in [1.807, 2.05) is 31.2 Å². The third-order valence-electron chi connectivity index (χ3n) is 7.57. The number of ether oxygens (including phenoxy) is 2. The molecule has 0 saturated carbocycles. The molecule has 0 saturated heterocycles. The highest BCUT2D eigenvalue weighted by atomic mass is 35.5. The van der Waals surface area contributed by atoms with E-state index in [1.165, 1.54) is 7.11 Å². The lowest BCUT2D eigenvalue weighted by molar-refractivity contribution is -0.119. The van der Waals surface area contributed by atoms with Crippen molar-refractivity contribution in [2.45, 2.75) is 53.4 Å². The number of fused-ring (bicyclic) bond motifs is 2. The third kappa shape index (κ3) is 5.19. The van der Waals surface area contributed by atoms with E-state index >= 15 is 0 Å². The first-order valence-corrected chi connectivity index (χ1v) is 12.7. The zero-order valence-corrected chi connectivity index (χ0v) is 22.3. The molecule has 1 aliphatic carbocycles. The molecule has 2 aromatic carbocycles. The molecule has 1 aromatic heterocycles. The fourth-order valence-corrected chi connectivity index (χ4v) is 5.05. The highest BCUT2D eigenvalue weighted by molar-refractivity contribution is 6.31. The first-order valence-electron chi connectivity index (χ1n) is 12.4. The minimum Gasteiger partial charge on any atom is -0.495 e. The van der Waals surface area contributed by atoms with Crippen LogP contribution in [0.1, 0.15) is 60.8 Å². The second kappa shape index (κ2) is 10.5. The molecule has 0 radical (unpaired) electrons. The first kappa shape index (κ1) is 26.0. The molecular formula is C29H33ClN2O4. The van der Waals surface area contributed by atoms with E-state index < -0.39 is 18.5 Å². The van der Waals surface area contributed by atoms with E-state index in [1.54, 1.807) is 12.1 Å². The molecular weight excluding hydrogens is 476 g/mol. The fraction of sp³-hybridized carbons (Fsp3) is 0.414. The standard InChI is InChI=1S/C29H33ClN2O4/c1-6-29(3,4)18-11-12-23-20(14-18)27(19-9-7-8-10-22(19)31-23)28(34)36-16-26(33)32-24-13-17(2)21(30)15-25(24)35-5/h7-10,13,15,18H,6,11-12,14,16H2,1-5H3,(H,32,33). The average Bonchev–Trinajstić information content (AvgIpc) is 2.87. The summed E-state index contributed by atoms with van der Waals surface area (Å²) >= 11 is 6.16. The van der Waals surface area contributed by atoms with Gasteiger partial charge in [0, 0.05) is 22.2 Å². The molecule has 0 spiro atoms. The molecule has 36 heavy (non-hydrogen) atoms. The maximum atomic E-state index is 13.5. The number of methoxy groups -OCH3 is 1. The van der Waals surface area contributed by atoms with Crippen LogP contribution in [0.5, 0.6) is 5.75 Å². The lowest BCUT2D eigenvalue weighted by Crippen LogP contribution is -2.31. The summed E-state index contributed by atoms with van der Waals surface area (Å²) in [6.07, 6.45) is 3.69. The van der Waals surface area contributed by atoms with Gasteiger partial charge in [-0.25, -0.2) is 4.79 Å². The molecule has 1 atom stereocenters. The quantitative estimate of drug-likeness (QED) is 0.366. The Kier molecular flexibility index (Phi) is 7.55. The number of rotatable bonds is 7. The van der Waals surface area contributed by atoms with E-state index in [4.69, 9.17) is 26.1 Å². The Labute approximate surface area is 217 Å². The third-order valence-corrected chi connectivity index (χ3v) is 7.98. The highest BCUT2D eigenvalue weighted by Gasteiger charge is 2.34. The summed E-state index contributed by atoms with van der Waals surface area (Å²) in [5.74, 6) is -0.0905. The number of amides is 1. The Morgan fingerprint density at radius 3 is 2.69 bits per heavy atom. The van der Waals surface area contributed by atoms with Gasteiger partial charge >= 0.3 is 5.97 Å². The smallest absolute Gasteiger partial charge is 0.339 e. The van der Waals surface area contributed by atoms with Crippen molar-refractivity contribution in [1.82, 2.24) is 4.98 Å². The predicted molar refractivity (Wildman–Crippen MR) is 143 cm³/mol. The molecule has 6 nitrogen and oxygen atoms in total. The van der Waals surface area contributed by atoms with Crippen LogP contribution in [0.3, 0.4) is 0 Å². The van der Waals surface area contributed by atoms with Crippen LogP contribution >= 0.6 is 11.6 Å². The minimum atomic E-state index is -0.505. The fourth-order valence-electron chi connectivity index (χ4n) is 4.90. The number of carbonyl (C=O) groups excluding carboxylic acids is 2. The van der Waals surface area contributed by atoms with Crippen LogP contribution in [0.2, 0.25) is 5.02 Å². The Bertz CT molecular complexity index is 1320. The summed E-state index contributed by atoms with van der Waals surface area (Å²) in [6.45, 7) is 8.19. The van der Waals surface area contributed by atoms with Crippen LogP contribution in [-0.2, 0) is 22.4 Å². The molecule has 4 rings (SSSR count). The van der Waals surface area contributed by atoms with Gasteiger partial charge < -0.3 is 14.8 Å². The van der Waals surface area contributed by atoms with Crippen molar-refractivity contribution in [1.29, 1.82) is 0 Å². The maximum Gasteiger partial charge on any atom is 0.339 e. The van der Waals surface area contributed by atoms with Gasteiger partial charge in [-0.1, -0.05) is 57.0 Å². The van der Waals surface area contributed by atoms with Gasteiger partial charge in [-0.2, -0.15) is 0 Å². The lowest BCUT2D eigenvalue weighted by atomic mass is 9.68. The molecule has 1 N–H and O–H groups in total. The molecule has 0 bridgehead atoms. The van der Waals surface area contributed by atoms with Crippen LogP contribution in [0.15, 0.2) is 36.4 Å². The van der Waals surface area contributed by atoms with Gasteiger partial charge in [0.15, 0.2) is 6.61 Å². The zero-order chi connectivity index (χ0) is 26.0. The van der Waals surface area contributed by atoms with Gasteiger partial charge in [-0.3, -0.25) is 9.78 Å². The molecule has 0 fully saturated rings. The summed E-state index contributed by atoms with van der Waals surface area (Å²) in [5.41, 5.74) is 4.62. The number of pyridine rings is 1. The first-order chi connectivity index (χ1) is 17.1. The number of hydrogen-bond donors (Lipinski definition) is 1. The normalized spacial score (nSPS) is 15.3. The average molecular weight is 509 g/mol. The van der Waals surface area contributed by atoms with E-state index in [0.717, 1.165) is 53.4 Å². The number of halogens is 1. The van der Waals surface area contributed by atoms with Crippen LogP contribution in [-0.4, -0.2) is 30.6 Å². The summed E-state index contributed by atoms with van der Waals surface area (Å²) in [7, 11) is 1.50. The number of aryl methyl sites for hydroxylation is 2. The number of anilines is 1. The minimum absolute atomic E-state index is 0.153. The monoisotopic (exact) mass is 508 g/mol. The van der Waals surface area contributed by atoms with Crippen molar-refractivity contribution in [2.24, 2.45) is 11.3 Å². The van der Waals surface area contributed by atoms with Crippen molar-refractivity contribution < 1.29 is 19.1 Å². The lowest BCUT2D eigenvalue weighted by Gasteiger charge is -2.37. The Balaban J connectivity index is 1.59. The van der Waals surface area contributed by atoms with Gasteiger partial charge in [-0.15, -0.1) is 0 Å². The molecule has 1 unspecified atom stereocenters. The van der Waals surface area contributed by atoms with Gasteiger partial charge in [0.05, 0.1) is 23.9 Å². The number of hydrogen-bond acceptors (Lipinski definition) is 5. The second-order valence-corrected chi connectivity index (χ2v) is 10.5. The molecule has 190 valence electrons. The topological polar surface area (TPSA) is 77.5 Å². The number of benzene rings is 2. The maximum absolute atomic E-state index is 13.5. The van der Waals surface area contributed by atoms with Gasteiger partial charge in [-0.05, 0) is 60.8 Å². The summed E-state index contributed by atoms with van der Waals surface area (Å²) in [5, 5.41) is 4.05. The summed E-state index contributed by atoms with van der Waals surface area (Å²) in [4.78, 5) is 31.0. The van der Waals surface area contributed by atoms with Crippen molar-refractivity contribution in [2.75, 3.05) is 19.0 Å². The van der Waals surface area contributed by atoms with Crippen LogP contribution in [0.4, 0.5) is 5.69 Å². The van der Waals surface area contributed by atoms with Crippen molar-refractivity contribution in [3.8, 4) is 5.75 Å². The second-order valence-electron chi connectivity index (χ2n) is 10.1. The van der Waals surface area contributed by atoms with Crippen molar-refractivity contribution in [3.05, 3.63) is 63.8 Å².